The molecule has 0 bridgehead atoms. The molecule has 0 nitrogen and oxygen atoms in total. The highest BCUT2D eigenvalue weighted by molar-refractivity contribution is 7.68. The van der Waals surface area contributed by atoms with Crippen molar-refractivity contribution < 1.29 is 0 Å². The van der Waals surface area contributed by atoms with Gasteiger partial charge in [-0.05, 0) is 0 Å². The van der Waals surface area contributed by atoms with Gasteiger partial charge in [0, 0.05) is 56.6 Å². The second-order valence-corrected chi connectivity index (χ2v) is 3.76. The molecular formula is C3H4B10. The van der Waals surface area contributed by atoms with Crippen LogP contribution in [-0.2, 0) is 0 Å². The van der Waals surface area contributed by atoms with Gasteiger partial charge >= 0.3 is 0 Å². The Morgan fingerprint density at radius 1 is 0.846 bits per heavy atom. The van der Waals surface area contributed by atoms with Crippen molar-refractivity contribution in [2.75, 3.05) is 0 Å². The summed E-state index contributed by atoms with van der Waals surface area (Å²) in [4.78, 5) is 0. The average Bonchev–Trinajstić information content (AvgIpc) is 2.73. The van der Waals surface area contributed by atoms with E-state index >= 15 is 0 Å². The van der Waals surface area contributed by atoms with Crippen molar-refractivity contribution in [2.24, 2.45) is 0 Å². The predicted molar refractivity (Wildman–Crippen MR) is 69.7 cm³/mol. The standard InChI is InChI=1S/C3H4B10/c1-3-2(4-3)5-7-9-11-13-12-10-8-6-3/h2H,1H3/t2-,3-/m0/s1. The van der Waals surface area contributed by atoms with Crippen LogP contribution in [0.1, 0.15) is 6.92 Å². The molecule has 0 amide bonds. The van der Waals surface area contributed by atoms with Crippen LogP contribution < -0.4 is 0 Å². The minimum absolute atomic E-state index is 0.305. The van der Waals surface area contributed by atoms with E-state index in [0.717, 1.165) is 0 Å². The van der Waals surface area contributed by atoms with E-state index in [1.165, 1.54) is 0 Å². The molecule has 46 valence electrons. The van der Waals surface area contributed by atoms with E-state index in [4.69, 9.17) is 0 Å². The van der Waals surface area contributed by atoms with Crippen LogP contribution in [-0.4, -0.2) is 71.0 Å². The molecule has 2 aliphatic heterocycles. The smallest absolute Gasteiger partial charge is 0.0978 e. The van der Waals surface area contributed by atoms with E-state index in [1.54, 1.807) is 0 Å². The lowest BCUT2D eigenvalue weighted by molar-refractivity contribution is 1.05. The molecule has 2 fully saturated rings. The largest absolute Gasteiger partial charge is 0.112 e. The molecule has 0 aromatic heterocycles. The first kappa shape index (κ1) is 10.2. The van der Waals surface area contributed by atoms with E-state index in [0.29, 0.717) is 10.9 Å². The Hall–Kier alpha value is 0.649. The monoisotopic (exact) mass is 150 g/mol. The summed E-state index contributed by atoms with van der Waals surface area (Å²) in [6, 6.07) is 0. The van der Waals surface area contributed by atoms with Crippen molar-refractivity contribution in [2.45, 2.75) is 17.9 Å². The molecule has 10 radical (unpaired) electrons. The summed E-state index contributed by atoms with van der Waals surface area (Å²) < 4.78 is 0. The molecule has 0 spiro atoms. The van der Waals surface area contributed by atoms with Gasteiger partial charge in [-0.15, -0.1) is 10.9 Å². The Bertz CT molecular complexity index is 172. The molecule has 2 rings (SSSR count). The maximum Gasteiger partial charge on any atom is 0.0978 e. The van der Waals surface area contributed by atoms with Crippen LogP contribution >= 0.6 is 0 Å². The molecule has 2 heterocycles. The van der Waals surface area contributed by atoms with Gasteiger partial charge in [-0.2, -0.15) is 0 Å². The van der Waals surface area contributed by atoms with Crippen LogP contribution in [0.15, 0.2) is 0 Å². The van der Waals surface area contributed by atoms with Crippen LogP contribution in [0.3, 0.4) is 0 Å². The fourth-order valence-electron chi connectivity index (χ4n) is 1.54. The van der Waals surface area contributed by atoms with Gasteiger partial charge in [0.2, 0.25) is 0 Å². The Morgan fingerprint density at radius 3 is 2.23 bits per heavy atom. The van der Waals surface area contributed by atoms with Gasteiger partial charge in [-0.1, -0.05) is 6.92 Å². The molecule has 0 N–H and O–H groups in total. The van der Waals surface area contributed by atoms with E-state index < -0.39 is 0 Å². The zero-order valence-electron chi connectivity index (χ0n) is 7.85. The highest BCUT2D eigenvalue weighted by Gasteiger charge is 2.47. The zero-order chi connectivity index (χ0) is 9.15. The first-order chi connectivity index (χ1) is 6.31. The van der Waals surface area contributed by atoms with Crippen molar-refractivity contribution in [3.8, 4) is 0 Å². The summed E-state index contributed by atoms with van der Waals surface area (Å²) in [5.74, 6) is 0. The first-order valence-electron chi connectivity index (χ1n) is 4.70. The summed E-state index contributed by atoms with van der Waals surface area (Å²) in [5, 5.41) is 0.305. The SMILES string of the molecule is C[C@]12[B][B][B][B][B][B][B][B][B][C@@H]1[B]2. The van der Waals surface area contributed by atoms with Gasteiger partial charge in [0.1, 0.15) is 0 Å². The zero-order valence-corrected chi connectivity index (χ0v) is 7.85. The molecule has 2 atom stereocenters. The Balaban J connectivity index is 1.79. The summed E-state index contributed by atoms with van der Waals surface area (Å²) in [6.45, 7) is 2.26. The Kier molecular flexibility index (Phi) is 3.48. The highest BCUT2D eigenvalue weighted by atomic mass is 14.2. The summed E-state index contributed by atoms with van der Waals surface area (Å²) >= 11 is 0. The molecule has 0 saturated carbocycles. The molecule has 2 saturated heterocycles. The number of fused-ring (bicyclic) bond motifs is 1. The van der Waals surface area contributed by atoms with Gasteiger partial charge in [0.05, 0.1) is 14.4 Å². The van der Waals surface area contributed by atoms with Gasteiger partial charge in [0.25, 0.3) is 0 Å². The third-order valence-corrected chi connectivity index (χ3v) is 2.59. The minimum atomic E-state index is 0.305. The maximum atomic E-state index is 2.35. The Labute approximate surface area is 89.2 Å². The fourth-order valence-corrected chi connectivity index (χ4v) is 1.54. The lowest BCUT2D eigenvalue weighted by Crippen LogP contribution is -2.31. The van der Waals surface area contributed by atoms with Gasteiger partial charge < -0.3 is 0 Å². The van der Waals surface area contributed by atoms with Crippen molar-refractivity contribution >= 4 is 71.0 Å². The third-order valence-electron chi connectivity index (χ3n) is 2.59. The molecule has 0 aliphatic carbocycles. The maximum absolute atomic E-state index is 2.35. The molecule has 0 aromatic carbocycles. The van der Waals surface area contributed by atoms with Gasteiger partial charge in [-0.25, -0.2) is 0 Å². The van der Waals surface area contributed by atoms with Gasteiger partial charge in [0.15, 0.2) is 0 Å². The molecule has 0 aromatic rings. The summed E-state index contributed by atoms with van der Waals surface area (Å²) in [5.41, 5.74) is 0.625. The van der Waals surface area contributed by atoms with Crippen molar-refractivity contribution in [3.05, 3.63) is 0 Å². The van der Waals surface area contributed by atoms with Crippen LogP contribution in [0.5, 0.6) is 0 Å². The molecule has 2 aliphatic rings. The van der Waals surface area contributed by atoms with Gasteiger partial charge in [-0.3, -0.25) is 0 Å². The highest BCUT2D eigenvalue weighted by Crippen LogP contribution is 2.53. The predicted octanol–water partition coefficient (Wildman–Crippen LogP) is -2.74. The van der Waals surface area contributed by atoms with Crippen LogP contribution in [0, 0.1) is 0 Å². The van der Waals surface area contributed by atoms with Crippen LogP contribution in [0.2, 0.25) is 10.9 Å². The first-order valence-corrected chi connectivity index (χ1v) is 4.70. The second kappa shape index (κ2) is 4.45. The average molecular weight is 148 g/mol. The molecule has 0 unspecified atom stereocenters. The summed E-state index contributed by atoms with van der Waals surface area (Å²) in [6.07, 6.45) is 0. The van der Waals surface area contributed by atoms with E-state index in [2.05, 4.69) is 56.8 Å². The van der Waals surface area contributed by atoms with Crippen LogP contribution in [0.25, 0.3) is 0 Å². The number of rotatable bonds is 0. The van der Waals surface area contributed by atoms with Crippen molar-refractivity contribution in [1.82, 2.24) is 0 Å². The normalized spacial score (nSPS) is 35.6. The number of hydrogen-bond acceptors (Lipinski definition) is 0. The van der Waals surface area contributed by atoms with Crippen molar-refractivity contribution in [3.63, 3.8) is 0 Å². The molecule has 10 heteroatoms. The minimum Gasteiger partial charge on any atom is -0.112 e. The van der Waals surface area contributed by atoms with Crippen molar-refractivity contribution in [1.29, 1.82) is 0 Å². The lowest BCUT2D eigenvalue weighted by Gasteiger charge is -2.09. The lowest BCUT2D eigenvalue weighted by atomic mass is 8.89. The fraction of sp³-hybridized carbons (Fsp3) is 1.00. The second-order valence-electron chi connectivity index (χ2n) is 3.76. The topological polar surface area (TPSA) is 0 Å². The quantitative estimate of drug-likeness (QED) is 0.327. The van der Waals surface area contributed by atoms with E-state index in [1.807, 2.05) is 21.2 Å². The summed E-state index contributed by atoms with van der Waals surface area (Å²) in [7, 11) is 21.4. The van der Waals surface area contributed by atoms with E-state index in [-0.39, 0.29) is 0 Å². The molecule has 13 heavy (non-hydrogen) atoms. The third kappa shape index (κ3) is 2.80. The van der Waals surface area contributed by atoms with Crippen LogP contribution in [0.4, 0.5) is 0 Å². The Morgan fingerprint density at radius 2 is 1.46 bits per heavy atom. The number of hydrogen-bond donors (Lipinski definition) is 0. The van der Waals surface area contributed by atoms with E-state index in [9.17, 15) is 0 Å². The molecular weight excluding hydrogens is 144 g/mol.